The normalized spacial score (nSPS) is 13.7. The maximum absolute atomic E-state index is 12.1. The summed E-state index contributed by atoms with van der Waals surface area (Å²) in [6.07, 6.45) is 2.94. The van der Waals surface area contributed by atoms with Crippen LogP contribution in [0.4, 0.5) is 0 Å². The molecule has 1 unspecified atom stereocenters. The van der Waals surface area contributed by atoms with E-state index in [1.165, 1.54) is 24.3 Å². The summed E-state index contributed by atoms with van der Waals surface area (Å²) in [4.78, 5) is 0.181. The second-order valence-corrected chi connectivity index (χ2v) is 7.05. The third-order valence-electron chi connectivity index (χ3n) is 2.92. The Kier molecular flexibility index (Phi) is 5.82. The number of rotatable bonds is 7. The quantitative estimate of drug-likeness (QED) is 0.809. The second kappa shape index (κ2) is 6.91. The molecule has 0 saturated carbocycles. The molecule has 0 radical (unpaired) electrons. The Morgan fingerprint density at radius 1 is 1.11 bits per heavy atom. The Morgan fingerprint density at radius 2 is 1.68 bits per heavy atom. The van der Waals surface area contributed by atoms with Crippen LogP contribution in [0.25, 0.3) is 0 Å². The van der Waals surface area contributed by atoms with Gasteiger partial charge >= 0.3 is 0 Å². The van der Waals surface area contributed by atoms with Gasteiger partial charge in [-0.25, -0.2) is 13.1 Å². The minimum atomic E-state index is -3.49. The number of hydrogen-bond acceptors (Lipinski definition) is 3. The van der Waals surface area contributed by atoms with Gasteiger partial charge in [-0.15, -0.1) is 0 Å². The molecule has 1 aromatic rings. The van der Waals surface area contributed by atoms with Gasteiger partial charge in [0.2, 0.25) is 10.0 Å². The lowest BCUT2D eigenvalue weighted by molar-refractivity contribution is 0.474. The van der Waals surface area contributed by atoms with E-state index in [1.54, 1.807) is 0 Å². The predicted molar refractivity (Wildman–Crippen MR) is 76.6 cm³/mol. The Labute approximate surface area is 115 Å². The van der Waals surface area contributed by atoms with Crippen LogP contribution in [0.2, 0.25) is 0 Å². The predicted octanol–water partition coefficient (Wildman–Crippen LogP) is 2.89. The standard InChI is InChI=1S/C14H23NO3S/c1-11(2)5-4-6-12(3)15-19(17,18)14-9-7-13(16)8-10-14/h7-12,15-16H,4-6H2,1-3H3. The van der Waals surface area contributed by atoms with Crippen molar-refractivity contribution in [1.82, 2.24) is 4.72 Å². The maximum atomic E-state index is 12.1. The molecule has 0 saturated heterocycles. The van der Waals surface area contributed by atoms with Gasteiger partial charge in [0.25, 0.3) is 0 Å². The molecular formula is C14H23NO3S. The summed E-state index contributed by atoms with van der Waals surface area (Å²) in [6.45, 7) is 6.19. The Hall–Kier alpha value is -1.07. The summed E-state index contributed by atoms with van der Waals surface area (Å²) >= 11 is 0. The van der Waals surface area contributed by atoms with Crippen LogP contribution in [0.15, 0.2) is 29.2 Å². The molecule has 0 aliphatic carbocycles. The molecule has 5 heteroatoms. The van der Waals surface area contributed by atoms with Gasteiger partial charge in [-0.2, -0.15) is 0 Å². The van der Waals surface area contributed by atoms with Gasteiger partial charge in [0.05, 0.1) is 4.90 Å². The van der Waals surface area contributed by atoms with Crippen molar-refractivity contribution in [2.45, 2.75) is 51.0 Å². The molecule has 0 aromatic heterocycles. The smallest absolute Gasteiger partial charge is 0.240 e. The van der Waals surface area contributed by atoms with E-state index in [4.69, 9.17) is 5.11 Å². The van der Waals surface area contributed by atoms with Crippen molar-refractivity contribution in [2.75, 3.05) is 0 Å². The fraction of sp³-hybridized carbons (Fsp3) is 0.571. The second-order valence-electron chi connectivity index (χ2n) is 5.34. The number of phenols is 1. The summed E-state index contributed by atoms with van der Waals surface area (Å²) in [5.74, 6) is 0.699. The van der Waals surface area contributed by atoms with Crippen molar-refractivity contribution in [3.63, 3.8) is 0 Å². The molecule has 1 atom stereocenters. The van der Waals surface area contributed by atoms with Gasteiger partial charge in [-0.05, 0) is 43.5 Å². The molecule has 0 aliphatic heterocycles. The first kappa shape index (κ1) is 16.0. The Balaban J connectivity index is 2.57. The average molecular weight is 285 g/mol. The van der Waals surface area contributed by atoms with Gasteiger partial charge in [0.1, 0.15) is 5.75 Å². The van der Waals surface area contributed by atoms with Crippen LogP contribution < -0.4 is 4.72 Å². The molecule has 0 aliphatic rings. The van der Waals surface area contributed by atoms with Gasteiger partial charge in [-0.3, -0.25) is 0 Å². The third kappa shape index (κ3) is 5.61. The molecule has 1 aromatic carbocycles. The summed E-state index contributed by atoms with van der Waals surface area (Å²) < 4.78 is 26.8. The highest BCUT2D eigenvalue weighted by molar-refractivity contribution is 7.89. The molecule has 19 heavy (non-hydrogen) atoms. The van der Waals surface area contributed by atoms with E-state index in [9.17, 15) is 8.42 Å². The molecule has 0 heterocycles. The molecule has 0 amide bonds. The van der Waals surface area contributed by atoms with Gasteiger partial charge in [0.15, 0.2) is 0 Å². The summed E-state index contributed by atoms with van der Waals surface area (Å²) in [5.41, 5.74) is 0. The SMILES string of the molecule is CC(C)CCCC(C)NS(=O)(=O)c1ccc(O)cc1. The van der Waals surface area contributed by atoms with Gasteiger partial charge < -0.3 is 5.11 Å². The van der Waals surface area contributed by atoms with Crippen molar-refractivity contribution in [3.05, 3.63) is 24.3 Å². The largest absolute Gasteiger partial charge is 0.508 e. The van der Waals surface area contributed by atoms with Gasteiger partial charge in [-0.1, -0.05) is 26.7 Å². The molecule has 2 N–H and O–H groups in total. The van der Waals surface area contributed by atoms with E-state index in [0.717, 1.165) is 19.3 Å². The number of sulfonamides is 1. The van der Waals surface area contributed by atoms with Crippen LogP contribution in [0.1, 0.15) is 40.0 Å². The zero-order valence-electron chi connectivity index (χ0n) is 11.8. The fourth-order valence-corrected chi connectivity index (χ4v) is 3.13. The van der Waals surface area contributed by atoms with Crippen LogP contribution in [-0.2, 0) is 10.0 Å². The lowest BCUT2D eigenvalue weighted by Gasteiger charge is -2.14. The third-order valence-corrected chi connectivity index (χ3v) is 4.53. The topological polar surface area (TPSA) is 66.4 Å². The van der Waals surface area contributed by atoms with Crippen molar-refractivity contribution < 1.29 is 13.5 Å². The molecule has 4 nitrogen and oxygen atoms in total. The van der Waals surface area contributed by atoms with Crippen LogP contribution in [0, 0.1) is 5.92 Å². The van der Waals surface area contributed by atoms with E-state index in [1.807, 2.05) is 6.92 Å². The highest BCUT2D eigenvalue weighted by Crippen LogP contribution is 2.15. The van der Waals surface area contributed by atoms with Crippen molar-refractivity contribution >= 4 is 10.0 Å². The Morgan fingerprint density at radius 3 is 2.21 bits per heavy atom. The highest BCUT2D eigenvalue weighted by atomic mass is 32.2. The van der Waals surface area contributed by atoms with Crippen molar-refractivity contribution in [3.8, 4) is 5.75 Å². The summed E-state index contributed by atoms with van der Waals surface area (Å²) in [7, 11) is -3.49. The number of nitrogens with one attached hydrogen (secondary N) is 1. The van der Waals surface area contributed by atoms with Crippen LogP contribution in [0.3, 0.4) is 0 Å². The minimum absolute atomic E-state index is 0.0592. The van der Waals surface area contributed by atoms with E-state index in [-0.39, 0.29) is 16.7 Å². The average Bonchev–Trinajstić information content (AvgIpc) is 2.28. The lowest BCUT2D eigenvalue weighted by atomic mass is 10.0. The Bertz CT molecular complexity index is 480. The van der Waals surface area contributed by atoms with Gasteiger partial charge in [0, 0.05) is 6.04 Å². The molecule has 0 spiro atoms. The monoisotopic (exact) mass is 285 g/mol. The van der Waals surface area contributed by atoms with Crippen LogP contribution >= 0.6 is 0 Å². The van der Waals surface area contributed by atoms with Crippen LogP contribution in [0.5, 0.6) is 5.75 Å². The number of phenolic OH excluding ortho intramolecular Hbond substituents is 1. The lowest BCUT2D eigenvalue weighted by Crippen LogP contribution is -2.32. The van der Waals surface area contributed by atoms with Crippen LogP contribution in [-0.4, -0.2) is 19.6 Å². The number of benzene rings is 1. The van der Waals surface area contributed by atoms with E-state index in [0.29, 0.717) is 5.92 Å². The highest BCUT2D eigenvalue weighted by Gasteiger charge is 2.17. The molecule has 0 fully saturated rings. The minimum Gasteiger partial charge on any atom is -0.508 e. The molecule has 108 valence electrons. The molecule has 1 rings (SSSR count). The number of aromatic hydroxyl groups is 1. The van der Waals surface area contributed by atoms with E-state index >= 15 is 0 Å². The molecule has 0 bridgehead atoms. The van der Waals surface area contributed by atoms with Crippen molar-refractivity contribution in [2.24, 2.45) is 5.92 Å². The zero-order chi connectivity index (χ0) is 14.5. The molecular weight excluding hydrogens is 262 g/mol. The summed E-state index contributed by atoms with van der Waals surface area (Å²) in [5, 5.41) is 9.16. The van der Waals surface area contributed by atoms with Crippen molar-refractivity contribution in [1.29, 1.82) is 0 Å². The van der Waals surface area contributed by atoms with E-state index in [2.05, 4.69) is 18.6 Å². The first-order chi connectivity index (χ1) is 8.81. The first-order valence-corrected chi connectivity index (χ1v) is 8.11. The fourth-order valence-electron chi connectivity index (χ4n) is 1.85. The zero-order valence-corrected chi connectivity index (χ0v) is 12.6. The first-order valence-electron chi connectivity index (χ1n) is 6.62. The summed E-state index contributed by atoms with van der Waals surface area (Å²) in [6, 6.07) is 5.46. The maximum Gasteiger partial charge on any atom is 0.240 e. The number of hydrogen-bond donors (Lipinski definition) is 2. The van der Waals surface area contributed by atoms with E-state index < -0.39 is 10.0 Å².